The molecule has 170 valence electrons. The normalized spacial score (nSPS) is 14.3. The van der Waals surface area contributed by atoms with E-state index < -0.39 is 0 Å². The van der Waals surface area contributed by atoms with E-state index in [1.165, 1.54) is 86.7 Å². The van der Waals surface area contributed by atoms with Gasteiger partial charge in [0.25, 0.3) is 0 Å². The Morgan fingerprint density at radius 2 is 1.00 bits per heavy atom. The number of hydrogen-bond acceptors (Lipinski definition) is 2. The third-order valence-electron chi connectivity index (χ3n) is 7.09. The van der Waals surface area contributed by atoms with E-state index in [2.05, 4.69) is 88.2 Å². The Bertz CT molecular complexity index is 778. The molecule has 2 nitrogen and oxygen atoms in total. The minimum Gasteiger partial charge on any atom is -0.309 e. The Morgan fingerprint density at radius 1 is 0.581 bits per heavy atom. The second-order valence-electron chi connectivity index (χ2n) is 10.4. The molecule has 0 amide bonds. The lowest BCUT2D eigenvalue weighted by Crippen LogP contribution is -2.26. The fourth-order valence-corrected chi connectivity index (χ4v) is 5.45. The van der Waals surface area contributed by atoms with Crippen LogP contribution in [-0.4, -0.2) is 51.1 Å². The van der Waals surface area contributed by atoms with Crippen LogP contribution >= 0.6 is 0 Å². The number of unbranched alkanes of at least 4 members (excludes halogenated alkanes) is 4. The molecule has 0 aromatic heterocycles. The first-order chi connectivity index (χ1) is 14.8. The predicted octanol–water partition coefficient (Wildman–Crippen LogP) is 6.81. The number of aryl methyl sites for hydroxylation is 2. The van der Waals surface area contributed by atoms with Gasteiger partial charge >= 0.3 is 0 Å². The Labute approximate surface area is 191 Å². The largest absolute Gasteiger partial charge is 0.309 e. The molecule has 1 aliphatic rings. The van der Waals surface area contributed by atoms with Crippen LogP contribution in [0.3, 0.4) is 0 Å². The van der Waals surface area contributed by atoms with Gasteiger partial charge in [0, 0.05) is 5.41 Å². The van der Waals surface area contributed by atoms with Gasteiger partial charge in [-0.3, -0.25) is 0 Å². The van der Waals surface area contributed by atoms with Crippen molar-refractivity contribution in [3.8, 4) is 11.1 Å². The molecule has 1 aliphatic carbocycles. The number of hydrogen-bond donors (Lipinski definition) is 0. The summed E-state index contributed by atoms with van der Waals surface area (Å²) in [6.45, 7) is 6.91. The standard InChI is InChI=1S/C29H44N2/c1-23-13-15-25-26-16-14-24(2)22-28(26)29(27(25)21-23,17-9-7-11-19-30(3)4)18-10-8-12-20-31(5)6/h13-16,21-22H,7-12,17-20H2,1-6H3. The molecule has 3 rings (SSSR count). The van der Waals surface area contributed by atoms with Crippen molar-refractivity contribution in [3.63, 3.8) is 0 Å². The van der Waals surface area contributed by atoms with Crippen molar-refractivity contribution in [3.05, 3.63) is 58.7 Å². The molecular weight excluding hydrogens is 376 g/mol. The van der Waals surface area contributed by atoms with Gasteiger partial charge in [-0.2, -0.15) is 0 Å². The van der Waals surface area contributed by atoms with Crippen LogP contribution in [0.5, 0.6) is 0 Å². The van der Waals surface area contributed by atoms with E-state index in [9.17, 15) is 0 Å². The van der Waals surface area contributed by atoms with Crippen LogP contribution in [0.4, 0.5) is 0 Å². The van der Waals surface area contributed by atoms with Crippen LogP contribution in [0.15, 0.2) is 36.4 Å². The average Bonchev–Trinajstić information content (AvgIpc) is 2.96. The summed E-state index contributed by atoms with van der Waals surface area (Å²) in [6.07, 6.45) is 10.4. The van der Waals surface area contributed by atoms with Crippen LogP contribution in [0.25, 0.3) is 11.1 Å². The van der Waals surface area contributed by atoms with Crippen LogP contribution in [0.2, 0.25) is 0 Å². The lowest BCUT2D eigenvalue weighted by atomic mass is 9.70. The first-order valence-electron chi connectivity index (χ1n) is 12.4. The van der Waals surface area contributed by atoms with E-state index in [1.807, 2.05) is 0 Å². The van der Waals surface area contributed by atoms with Gasteiger partial charge in [0.15, 0.2) is 0 Å². The Balaban J connectivity index is 1.88. The number of nitrogens with zero attached hydrogens (tertiary/aromatic N) is 2. The summed E-state index contributed by atoms with van der Waals surface area (Å²) in [5.41, 5.74) is 9.17. The minimum atomic E-state index is 0.193. The van der Waals surface area contributed by atoms with Gasteiger partial charge in [-0.1, -0.05) is 73.2 Å². The summed E-state index contributed by atoms with van der Waals surface area (Å²) in [4.78, 5) is 4.63. The topological polar surface area (TPSA) is 6.48 Å². The molecular formula is C29H44N2. The Morgan fingerprint density at radius 3 is 1.39 bits per heavy atom. The van der Waals surface area contributed by atoms with Gasteiger partial charge in [-0.05, 0) is 103 Å². The molecule has 0 heterocycles. The van der Waals surface area contributed by atoms with Gasteiger partial charge < -0.3 is 9.80 Å². The SMILES string of the molecule is Cc1ccc2c(c1)C(CCCCCN(C)C)(CCCCCN(C)C)c1cc(C)ccc1-2. The molecule has 2 heteroatoms. The highest BCUT2D eigenvalue weighted by molar-refractivity contribution is 5.81. The molecule has 0 fully saturated rings. The number of benzene rings is 2. The molecule has 2 aromatic carbocycles. The third-order valence-corrected chi connectivity index (χ3v) is 7.09. The molecule has 0 spiro atoms. The van der Waals surface area contributed by atoms with Gasteiger partial charge in [0.2, 0.25) is 0 Å². The molecule has 31 heavy (non-hydrogen) atoms. The van der Waals surface area contributed by atoms with Gasteiger partial charge in [0.05, 0.1) is 0 Å². The molecule has 0 saturated carbocycles. The van der Waals surface area contributed by atoms with Crippen molar-refractivity contribution in [1.82, 2.24) is 9.80 Å². The van der Waals surface area contributed by atoms with Crippen molar-refractivity contribution in [2.24, 2.45) is 0 Å². The minimum absolute atomic E-state index is 0.193. The summed E-state index contributed by atoms with van der Waals surface area (Å²) >= 11 is 0. The molecule has 0 N–H and O–H groups in total. The first kappa shape index (κ1) is 24.0. The van der Waals surface area contributed by atoms with E-state index in [1.54, 1.807) is 11.1 Å². The van der Waals surface area contributed by atoms with Crippen LogP contribution in [0, 0.1) is 13.8 Å². The van der Waals surface area contributed by atoms with Crippen molar-refractivity contribution in [2.45, 2.75) is 70.6 Å². The first-order valence-corrected chi connectivity index (χ1v) is 12.4. The molecule has 0 aliphatic heterocycles. The van der Waals surface area contributed by atoms with E-state index in [0.29, 0.717) is 0 Å². The van der Waals surface area contributed by atoms with Crippen molar-refractivity contribution < 1.29 is 0 Å². The maximum atomic E-state index is 2.50. The maximum absolute atomic E-state index is 2.50. The van der Waals surface area contributed by atoms with E-state index in [-0.39, 0.29) is 5.41 Å². The monoisotopic (exact) mass is 420 g/mol. The second-order valence-corrected chi connectivity index (χ2v) is 10.4. The average molecular weight is 421 g/mol. The quantitative estimate of drug-likeness (QED) is 0.348. The Kier molecular flexibility index (Phi) is 8.36. The van der Waals surface area contributed by atoms with E-state index >= 15 is 0 Å². The fourth-order valence-electron chi connectivity index (χ4n) is 5.45. The van der Waals surface area contributed by atoms with Crippen molar-refractivity contribution in [2.75, 3.05) is 41.3 Å². The van der Waals surface area contributed by atoms with Gasteiger partial charge in [-0.25, -0.2) is 0 Å². The number of fused-ring (bicyclic) bond motifs is 3. The summed E-state index contributed by atoms with van der Waals surface area (Å²) in [6, 6.07) is 14.4. The van der Waals surface area contributed by atoms with E-state index in [0.717, 1.165) is 0 Å². The Hall–Kier alpha value is -1.64. The highest BCUT2D eigenvalue weighted by Crippen LogP contribution is 2.54. The zero-order chi connectivity index (χ0) is 22.4. The summed E-state index contributed by atoms with van der Waals surface area (Å²) in [5, 5.41) is 0. The summed E-state index contributed by atoms with van der Waals surface area (Å²) in [5.74, 6) is 0. The fraction of sp³-hybridized carbons (Fsp3) is 0.586. The lowest BCUT2D eigenvalue weighted by molar-refractivity contribution is 0.359. The van der Waals surface area contributed by atoms with Crippen molar-refractivity contribution in [1.29, 1.82) is 0 Å². The van der Waals surface area contributed by atoms with Crippen molar-refractivity contribution >= 4 is 0 Å². The zero-order valence-electron chi connectivity index (χ0n) is 20.9. The predicted molar refractivity (Wildman–Crippen MR) is 136 cm³/mol. The maximum Gasteiger partial charge on any atom is 0.0215 e. The van der Waals surface area contributed by atoms with Crippen LogP contribution in [0.1, 0.15) is 73.6 Å². The zero-order valence-corrected chi connectivity index (χ0v) is 20.9. The molecule has 0 atom stereocenters. The molecule has 2 aromatic rings. The van der Waals surface area contributed by atoms with Crippen LogP contribution < -0.4 is 0 Å². The third kappa shape index (κ3) is 5.79. The second kappa shape index (κ2) is 10.8. The smallest absolute Gasteiger partial charge is 0.0215 e. The van der Waals surface area contributed by atoms with E-state index in [4.69, 9.17) is 0 Å². The lowest BCUT2D eigenvalue weighted by Gasteiger charge is -2.33. The summed E-state index contributed by atoms with van der Waals surface area (Å²) in [7, 11) is 8.74. The molecule has 0 bridgehead atoms. The number of rotatable bonds is 12. The summed E-state index contributed by atoms with van der Waals surface area (Å²) < 4.78 is 0. The van der Waals surface area contributed by atoms with Gasteiger partial charge in [-0.15, -0.1) is 0 Å². The highest BCUT2D eigenvalue weighted by Gasteiger charge is 2.42. The molecule has 0 radical (unpaired) electrons. The van der Waals surface area contributed by atoms with Gasteiger partial charge in [0.1, 0.15) is 0 Å². The highest BCUT2D eigenvalue weighted by atomic mass is 15.0. The molecule has 0 unspecified atom stereocenters. The van der Waals surface area contributed by atoms with Crippen LogP contribution in [-0.2, 0) is 5.41 Å². The molecule has 0 saturated heterocycles.